The van der Waals surface area contributed by atoms with Crippen LogP contribution in [0.25, 0.3) is 0 Å². The molecule has 0 aliphatic carbocycles. The molecular weight excluding hydrogens is 739 g/mol. The van der Waals surface area contributed by atoms with Crippen LogP contribution in [0.2, 0.25) is 0 Å². The molecule has 0 bridgehead atoms. The molecule has 0 unspecified atom stereocenters. The predicted octanol–water partition coefficient (Wildman–Crippen LogP) is 8.30. The van der Waals surface area contributed by atoms with E-state index in [1.54, 1.807) is 0 Å². The quantitative estimate of drug-likeness (QED) is 0.0262. The van der Waals surface area contributed by atoms with Gasteiger partial charge in [0.15, 0.2) is 5.78 Å². The van der Waals surface area contributed by atoms with E-state index in [-0.39, 0.29) is 37.6 Å². The summed E-state index contributed by atoms with van der Waals surface area (Å²) in [6.07, 6.45) is 23.2. The molecule has 12 heteroatoms. The number of hydrogen-bond acceptors (Lipinski definition) is 9. The van der Waals surface area contributed by atoms with E-state index in [1.807, 2.05) is 13.8 Å². The number of nitrogens with zero attached hydrogens (tertiary/aromatic N) is 1. The Labute approximate surface area is 352 Å². The van der Waals surface area contributed by atoms with Crippen molar-refractivity contribution < 1.29 is 44.3 Å². The number of aliphatic hydroxyl groups excluding tert-OH is 3. The smallest absolute Gasteiger partial charge is 0.303 e. The van der Waals surface area contributed by atoms with E-state index in [4.69, 9.17) is 15.6 Å². The second kappa shape index (κ2) is 32.6. The Balaban J connectivity index is 3.07. The fourth-order valence-corrected chi connectivity index (χ4v) is 8.25. The molecule has 0 radical (unpaired) electrons. The highest BCUT2D eigenvalue weighted by Gasteiger charge is 2.59. The van der Waals surface area contributed by atoms with E-state index in [2.05, 4.69) is 19.2 Å². The number of carbonyl (C=O) groups excluding carboxylic acids is 3. The zero-order valence-corrected chi connectivity index (χ0v) is 37.2. The van der Waals surface area contributed by atoms with Gasteiger partial charge in [0.25, 0.3) is 0 Å². The monoisotopic (exact) mass is 826 g/mol. The van der Waals surface area contributed by atoms with Gasteiger partial charge >= 0.3 is 5.97 Å². The maximum Gasteiger partial charge on any atom is 0.303 e. The lowest BCUT2D eigenvalue weighted by atomic mass is 9.79. The van der Waals surface area contributed by atoms with Crippen LogP contribution in [0.1, 0.15) is 214 Å². The molecule has 1 aliphatic heterocycles. The molecule has 58 heavy (non-hydrogen) atoms. The minimum atomic E-state index is -2.23. The number of ketones is 1. The topological polar surface area (TPSA) is 200 Å². The summed E-state index contributed by atoms with van der Waals surface area (Å²) in [6.45, 7) is 7.59. The highest BCUT2D eigenvalue weighted by atomic mass is 16.6. The molecule has 0 aromatic carbocycles. The van der Waals surface area contributed by atoms with Gasteiger partial charge < -0.3 is 35.4 Å². The minimum Gasteiger partial charge on any atom is -0.481 e. The van der Waals surface area contributed by atoms with Crippen LogP contribution in [0.5, 0.6) is 0 Å². The zero-order chi connectivity index (χ0) is 43.2. The van der Waals surface area contributed by atoms with Crippen molar-refractivity contribution in [2.45, 2.75) is 244 Å². The second-order valence-corrected chi connectivity index (χ2v) is 17.5. The number of ether oxygens (including phenoxy) is 1. The van der Waals surface area contributed by atoms with E-state index >= 15 is 0 Å². The van der Waals surface area contributed by atoms with Crippen LogP contribution < -0.4 is 11.1 Å². The number of rotatable bonds is 37. The van der Waals surface area contributed by atoms with Gasteiger partial charge in [0, 0.05) is 19.4 Å². The van der Waals surface area contributed by atoms with E-state index in [1.165, 1.54) is 108 Å². The Morgan fingerprint density at radius 1 is 0.655 bits per heavy atom. The second-order valence-electron chi connectivity index (χ2n) is 17.5. The minimum absolute atomic E-state index is 0.104. The number of nitrogens with one attached hydrogen (secondary N) is 1. The van der Waals surface area contributed by atoms with Gasteiger partial charge in [0.05, 0.1) is 25.2 Å². The van der Waals surface area contributed by atoms with Crippen molar-refractivity contribution in [1.29, 1.82) is 0 Å². The molecule has 1 heterocycles. The number of nitrogens with two attached hydrogens (primary N) is 1. The number of amides is 2. The molecule has 1 aliphatic rings. The highest BCUT2D eigenvalue weighted by Crippen LogP contribution is 2.37. The van der Waals surface area contributed by atoms with Crippen molar-refractivity contribution in [3.8, 4) is 0 Å². The SMILES string of the molecule is CCCCCCCCCCCCCCCCCC(=O)N(CCCCCCCCCCCC)[C@]1(N)O[C@H](CO)[C@@H](O)[C@H](O)[C@H]1C(=O)[C@H](CC(C)C)NC(=O)CCC(=O)O. The number of carboxylic acid groups (broad SMARTS) is 1. The summed E-state index contributed by atoms with van der Waals surface area (Å²) in [5.74, 6) is -6.87. The van der Waals surface area contributed by atoms with Crippen molar-refractivity contribution >= 4 is 23.6 Å². The van der Waals surface area contributed by atoms with E-state index in [0.717, 1.165) is 44.9 Å². The van der Waals surface area contributed by atoms with Gasteiger partial charge in [-0.15, -0.1) is 0 Å². The van der Waals surface area contributed by atoms with Gasteiger partial charge in [-0.1, -0.05) is 175 Å². The van der Waals surface area contributed by atoms with Gasteiger partial charge in [0.1, 0.15) is 18.1 Å². The van der Waals surface area contributed by atoms with Crippen molar-refractivity contribution in [1.82, 2.24) is 10.2 Å². The molecule has 0 spiro atoms. The van der Waals surface area contributed by atoms with E-state index in [9.17, 15) is 34.5 Å². The molecule has 7 N–H and O–H groups in total. The van der Waals surface area contributed by atoms with Crippen molar-refractivity contribution in [2.75, 3.05) is 13.2 Å². The van der Waals surface area contributed by atoms with Crippen LogP contribution in [-0.4, -0.2) is 92.2 Å². The Kier molecular flexibility index (Phi) is 30.3. The summed E-state index contributed by atoms with van der Waals surface area (Å²) in [4.78, 5) is 54.0. The first-order chi connectivity index (χ1) is 27.8. The molecule has 1 rings (SSSR count). The largest absolute Gasteiger partial charge is 0.481 e. The van der Waals surface area contributed by atoms with Crippen LogP contribution in [0.15, 0.2) is 0 Å². The van der Waals surface area contributed by atoms with Crippen LogP contribution in [0.4, 0.5) is 0 Å². The molecule has 0 saturated carbocycles. The van der Waals surface area contributed by atoms with E-state index < -0.39 is 66.8 Å². The van der Waals surface area contributed by atoms with Crippen molar-refractivity contribution in [2.24, 2.45) is 17.6 Å². The summed E-state index contributed by atoms with van der Waals surface area (Å²) in [5, 5.41) is 44.5. The molecular formula is C46H87N3O9. The van der Waals surface area contributed by atoms with Gasteiger partial charge in [-0.25, -0.2) is 0 Å². The van der Waals surface area contributed by atoms with E-state index in [0.29, 0.717) is 12.8 Å². The molecule has 340 valence electrons. The summed E-state index contributed by atoms with van der Waals surface area (Å²) in [7, 11) is 0. The predicted molar refractivity (Wildman–Crippen MR) is 231 cm³/mol. The Bertz CT molecular complexity index is 1110. The molecule has 1 fully saturated rings. The molecule has 6 atom stereocenters. The standard InChI is InChI=1S/C46H87N3O9/c1-5-7-9-11-13-15-17-18-19-20-21-22-24-26-28-30-40(52)49(33-29-27-25-23-16-14-12-10-8-6-2)46(47)42(45(57)44(56)38(35-50)58-46)43(55)37(34-36(3)4)48-39(51)31-32-41(53)54/h36-38,42,44-45,50,56-57H,5-35,47H2,1-4H3,(H,48,51)(H,53,54)/t37-,38+,42+,44+,45+,46-/m0/s1. The zero-order valence-electron chi connectivity index (χ0n) is 37.2. The molecule has 0 aromatic heterocycles. The normalized spacial score (nSPS) is 21.3. The maximum atomic E-state index is 14.5. The highest BCUT2D eigenvalue weighted by molar-refractivity contribution is 5.93. The fourth-order valence-electron chi connectivity index (χ4n) is 8.25. The van der Waals surface area contributed by atoms with Gasteiger partial charge in [-0.2, -0.15) is 0 Å². The van der Waals surface area contributed by atoms with Crippen molar-refractivity contribution in [3.05, 3.63) is 0 Å². The molecule has 0 aromatic rings. The lowest BCUT2D eigenvalue weighted by Gasteiger charge is -2.53. The number of carboxylic acids is 1. The number of hydrogen-bond donors (Lipinski definition) is 6. The lowest BCUT2D eigenvalue weighted by molar-refractivity contribution is -0.292. The molecule has 1 saturated heterocycles. The summed E-state index contributed by atoms with van der Waals surface area (Å²) < 4.78 is 6.14. The third-order valence-corrected chi connectivity index (χ3v) is 11.7. The lowest BCUT2D eigenvalue weighted by Crippen LogP contribution is -2.76. The molecule has 12 nitrogen and oxygen atoms in total. The Hall–Kier alpha value is -2.12. The van der Waals surface area contributed by atoms with Gasteiger partial charge in [0.2, 0.25) is 17.7 Å². The Morgan fingerprint density at radius 3 is 1.50 bits per heavy atom. The van der Waals surface area contributed by atoms with Crippen LogP contribution in [0.3, 0.4) is 0 Å². The first-order valence-electron chi connectivity index (χ1n) is 23.6. The average molecular weight is 826 g/mol. The summed E-state index contributed by atoms with van der Waals surface area (Å²) in [6, 6.07) is -1.20. The fraction of sp³-hybridized carbons (Fsp3) is 0.913. The first kappa shape index (κ1) is 53.9. The number of aliphatic hydroxyl groups is 3. The van der Waals surface area contributed by atoms with Crippen LogP contribution >= 0.6 is 0 Å². The number of carbonyl (C=O) groups is 4. The Morgan fingerprint density at radius 2 is 1.09 bits per heavy atom. The summed E-state index contributed by atoms with van der Waals surface area (Å²) in [5.41, 5.74) is 7.03. The van der Waals surface area contributed by atoms with Gasteiger partial charge in [-0.3, -0.25) is 24.9 Å². The van der Waals surface area contributed by atoms with Gasteiger partial charge in [-0.05, 0) is 25.2 Å². The van der Waals surface area contributed by atoms with Crippen molar-refractivity contribution in [3.63, 3.8) is 0 Å². The third kappa shape index (κ3) is 21.9. The average Bonchev–Trinajstić information content (AvgIpc) is 3.18. The third-order valence-electron chi connectivity index (χ3n) is 11.7. The van der Waals surface area contributed by atoms with Crippen LogP contribution in [-0.2, 0) is 23.9 Å². The molecule has 2 amide bonds. The number of unbranched alkanes of at least 4 members (excludes halogenated alkanes) is 23. The van der Waals surface area contributed by atoms with Crippen LogP contribution in [0, 0.1) is 11.8 Å². The summed E-state index contributed by atoms with van der Waals surface area (Å²) >= 11 is 0. The maximum absolute atomic E-state index is 14.5. The number of Topliss-reactive ketones (excluding diaryl/α,β-unsaturated/α-hetero) is 1. The number of aliphatic carboxylic acids is 1. The first-order valence-corrected chi connectivity index (χ1v) is 23.6.